The summed E-state index contributed by atoms with van der Waals surface area (Å²) in [6.07, 6.45) is 1.33. The second-order valence-electron chi connectivity index (χ2n) is 9.85. The van der Waals surface area contributed by atoms with Gasteiger partial charge in [0.15, 0.2) is 15.3 Å². The van der Waals surface area contributed by atoms with Crippen LogP contribution in [-0.2, 0) is 30.6 Å². The first-order valence-electron chi connectivity index (χ1n) is 12.4. The van der Waals surface area contributed by atoms with Gasteiger partial charge in [0.05, 0.1) is 23.6 Å². The Labute approximate surface area is 223 Å². The highest BCUT2D eigenvalue weighted by molar-refractivity contribution is 7.93. The fourth-order valence-corrected chi connectivity index (χ4v) is 7.46. The molecule has 2 atom stereocenters. The van der Waals surface area contributed by atoms with Crippen molar-refractivity contribution in [2.24, 2.45) is 5.41 Å². The Morgan fingerprint density at radius 3 is 2.26 bits per heavy atom. The minimum absolute atomic E-state index is 0.0151. The van der Waals surface area contributed by atoms with Gasteiger partial charge in [-0.3, -0.25) is 9.59 Å². The van der Waals surface area contributed by atoms with Crippen molar-refractivity contribution in [1.82, 2.24) is 4.90 Å². The summed E-state index contributed by atoms with van der Waals surface area (Å²) in [5.41, 5.74) is 0.662. The number of esters is 1. The summed E-state index contributed by atoms with van der Waals surface area (Å²) in [4.78, 5) is 28.3. The van der Waals surface area contributed by atoms with Crippen LogP contribution < -0.4 is 0 Å². The number of nitrogens with zero attached hydrogens (tertiary/aromatic N) is 2. The van der Waals surface area contributed by atoms with Gasteiger partial charge in [0.1, 0.15) is 4.75 Å². The van der Waals surface area contributed by atoms with Crippen LogP contribution in [0, 0.1) is 16.7 Å². The van der Waals surface area contributed by atoms with Crippen LogP contribution in [0.2, 0.25) is 0 Å². The second-order valence-corrected chi connectivity index (χ2v) is 12.2. The molecule has 0 N–H and O–H groups in total. The van der Waals surface area contributed by atoms with Crippen LogP contribution in [0.25, 0.3) is 11.1 Å². The fourth-order valence-electron chi connectivity index (χ4n) is 5.20. The van der Waals surface area contributed by atoms with Gasteiger partial charge in [-0.15, -0.1) is 0 Å². The van der Waals surface area contributed by atoms with E-state index in [9.17, 15) is 18.0 Å². The van der Waals surface area contributed by atoms with E-state index in [0.29, 0.717) is 36.1 Å². The lowest BCUT2D eigenvalue weighted by Crippen LogP contribution is -2.55. The van der Waals surface area contributed by atoms with Gasteiger partial charge in [0.25, 0.3) is 0 Å². The molecule has 0 bridgehead atoms. The number of methoxy groups -OCH3 is 1. The number of aryl methyl sites for hydroxylation is 1. The maximum Gasteiger partial charge on any atom is 0.322 e. The molecule has 0 aliphatic carbocycles. The molecule has 2 unspecified atom stereocenters. The molecule has 196 valence electrons. The molecule has 0 saturated carbocycles. The van der Waals surface area contributed by atoms with Crippen LogP contribution in [0.4, 0.5) is 0 Å². The van der Waals surface area contributed by atoms with Gasteiger partial charge in [0.2, 0.25) is 5.91 Å². The van der Waals surface area contributed by atoms with Crippen molar-refractivity contribution < 1.29 is 22.7 Å². The lowest BCUT2D eigenvalue weighted by atomic mass is 9.79. The van der Waals surface area contributed by atoms with Gasteiger partial charge >= 0.3 is 5.97 Å². The van der Waals surface area contributed by atoms with Gasteiger partial charge in [-0.1, -0.05) is 60.7 Å². The molecule has 7 nitrogen and oxygen atoms in total. The maximum absolute atomic E-state index is 14.5. The first kappa shape index (κ1) is 27.1. The predicted molar refractivity (Wildman–Crippen MR) is 144 cm³/mol. The highest BCUT2D eigenvalue weighted by Crippen LogP contribution is 2.50. The average molecular weight is 531 g/mol. The van der Waals surface area contributed by atoms with Crippen molar-refractivity contribution in [3.8, 4) is 17.2 Å². The molecule has 1 fully saturated rings. The molecule has 8 heteroatoms. The van der Waals surface area contributed by atoms with Crippen LogP contribution in [-0.4, -0.2) is 50.1 Å². The highest BCUT2D eigenvalue weighted by Gasteiger charge is 2.69. The third-order valence-corrected chi connectivity index (χ3v) is 10.3. The quantitative estimate of drug-likeness (QED) is 0.316. The summed E-state index contributed by atoms with van der Waals surface area (Å²) in [6, 6.07) is 25.0. The number of rotatable bonds is 8. The lowest BCUT2D eigenvalue weighted by molar-refractivity contribution is -0.159. The predicted octanol–water partition coefficient (Wildman–Crippen LogP) is 4.41. The summed E-state index contributed by atoms with van der Waals surface area (Å²) in [7, 11) is -3.10. The topological polar surface area (TPSA) is 105 Å². The van der Waals surface area contributed by atoms with E-state index in [4.69, 9.17) is 10.00 Å². The largest absolute Gasteiger partial charge is 0.468 e. The maximum atomic E-state index is 14.5. The van der Waals surface area contributed by atoms with Crippen molar-refractivity contribution in [1.29, 1.82) is 5.26 Å². The van der Waals surface area contributed by atoms with Crippen LogP contribution in [0.3, 0.4) is 0 Å². The molecule has 3 aromatic carbocycles. The van der Waals surface area contributed by atoms with Crippen LogP contribution >= 0.6 is 0 Å². The molecular formula is C30H30N2O5S. The number of carbonyl (C=O) groups is 2. The molecule has 0 spiro atoms. The van der Waals surface area contributed by atoms with E-state index in [0.717, 1.165) is 12.7 Å². The molecule has 4 rings (SSSR count). The minimum Gasteiger partial charge on any atom is -0.468 e. The number of hydrogen-bond acceptors (Lipinski definition) is 6. The number of hydrogen-bond donors (Lipinski definition) is 0. The normalized spacial score (nSPS) is 21.2. The third-order valence-electron chi connectivity index (χ3n) is 7.69. The van der Waals surface area contributed by atoms with Crippen molar-refractivity contribution in [2.45, 2.75) is 36.3 Å². The number of likely N-dealkylation sites (tertiary alicyclic amines) is 1. The van der Waals surface area contributed by atoms with Crippen LogP contribution in [0.15, 0.2) is 83.8 Å². The number of carbonyl (C=O) groups excluding carboxylic acids is 2. The molecule has 3 aromatic rings. The van der Waals surface area contributed by atoms with E-state index in [1.54, 1.807) is 42.5 Å². The van der Waals surface area contributed by atoms with E-state index in [1.807, 2.05) is 30.3 Å². The monoisotopic (exact) mass is 530 g/mol. The zero-order valence-corrected chi connectivity index (χ0v) is 22.5. The Morgan fingerprint density at radius 2 is 1.63 bits per heavy atom. The Hall–Kier alpha value is -3.96. The Morgan fingerprint density at radius 1 is 1.00 bits per heavy atom. The summed E-state index contributed by atoms with van der Waals surface area (Å²) in [5, 5.41) is 9.14. The van der Waals surface area contributed by atoms with Gasteiger partial charge in [-0.05, 0) is 56.0 Å². The van der Waals surface area contributed by atoms with E-state index < -0.39 is 31.9 Å². The van der Waals surface area contributed by atoms with E-state index in [1.165, 1.54) is 24.8 Å². The van der Waals surface area contributed by atoms with E-state index >= 15 is 0 Å². The molecule has 1 aliphatic rings. The molecular weight excluding hydrogens is 500 g/mol. The standard InChI is InChI=1S/C30H30N2O5S/c1-29(38(35,36)26-14-8-7-13-25(26)24-17-15-23(20-31)16-18-24)21-32(27(33)30(29,2)28(34)37-3)19-9-12-22-10-5-4-6-11-22/h4-8,10-11,13-18H,9,12,19,21H2,1-3H3. The first-order chi connectivity index (χ1) is 18.1. The molecule has 38 heavy (non-hydrogen) atoms. The van der Waals surface area contributed by atoms with E-state index in [2.05, 4.69) is 6.07 Å². The van der Waals surface area contributed by atoms with Gasteiger partial charge in [-0.25, -0.2) is 8.42 Å². The Kier molecular flexibility index (Phi) is 7.43. The Balaban J connectivity index is 1.74. The number of amides is 1. The zero-order chi connectivity index (χ0) is 27.6. The number of ether oxygens (including phenoxy) is 1. The number of sulfone groups is 1. The number of nitriles is 1. The number of benzene rings is 3. The van der Waals surface area contributed by atoms with Gasteiger partial charge < -0.3 is 9.64 Å². The molecule has 1 amide bonds. The summed E-state index contributed by atoms with van der Waals surface area (Å²) in [6.45, 7) is 3.00. The van der Waals surface area contributed by atoms with Crippen molar-refractivity contribution >= 4 is 21.7 Å². The molecule has 1 heterocycles. The molecule has 0 radical (unpaired) electrons. The SMILES string of the molecule is COC(=O)C1(C)C(=O)N(CCCc2ccccc2)CC1(C)S(=O)(=O)c1ccccc1-c1ccc(C#N)cc1. The molecule has 0 aromatic heterocycles. The molecule has 1 saturated heterocycles. The van der Waals surface area contributed by atoms with Crippen molar-refractivity contribution in [3.63, 3.8) is 0 Å². The van der Waals surface area contributed by atoms with Gasteiger partial charge in [0, 0.05) is 18.7 Å². The molecule has 1 aliphatic heterocycles. The lowest BCUT2D eigenvalue weighted by Gasteiger charge is -2.35. The fraction of sp³-hybridized carbons (Fsp3) is 0.300. The summed E-state index contributed by atoms with van der Waals surface area (Å²) >= 11 is 0. The van der Waals surface area contributed by atoms with Gasteiger partial charge in [-0.2, -0.15) is 5.26 Å². The minimum atomic E-state index is -4.27. The second kappa shape index (κ2) is 10.4. The summed E-state index contributed by atoms with van der Waals surface area (Å²) in [5.74, 6) is -1.44. The van der Waals surface area contributed by atoms with Crippen LogP contribution in [0.5, 0.6) is 0 Å². The first-order valence-corrected chi connectivity index (χ1v) is 13.8. The van der Waals surface area contributed by atoms with Crippen molar-refractivity contribution in [2.75, 3.05) is 20.2 Å². The van der Waals surface area contributed by atoms with Crippen LogP contribution in [0.1, 0.15) is 31.4 Å². The average Bonchev–Trinajstić information content (AvgIpc) is 3.15. The van der Waals surface area contributed by atoms with Crippen molar-refractivity contribution in [3.05, 3.63) is 90.0 Å². The summed E-state index contributed by atoms with van der Waals surface area (Å²) < 4.78 is 32.1. The third kappa shape index (κ3) is 4.37. The zero-order valence-electron chi connectivity index (χ0n) is 21.7. The highest BCUT2D eigenvalue weighted by atomic mass is 32.2. The smallest absolute Gasteiger partial charge is 0.322 e. The Bertz CT molecular complexity index is 1500. The van der Waals surface area contributed by atoms with E-state index in [-0.39, 0.29) is 11.4 Å².